The van der Waals surface area contributed by atoms with Crippen LogP contribution in [0.25, 0.3) is 0 Å². The first kappa shape index (κ1) is 11.3. The maximum atomic E-state index is 11.9. The predicted octanol–water partition coefficient (Wildman–Crippen LogP) is 2.57. The van der Waals surface area contributed by atoms with E-state index in [0.29, 0.717) is 5.56 Å². The van der Waals surface area contributed by atoms with Crippen LogP contribution in [0.5, 0.6) is 0 Å². The number of carbonyl (C=O) groups is 1. The van der Waals surface area contributed by atoms with Crippen LogP contribution in [0.4, 0.5) is 0 Å². The third kappa shape index (κ3) is 2.91. The lowest BCUT2D eigenvalue weighted by Crippen LogP contribution is -2.26. The molecular weight excluding hydrogens is 212 g/mol. The van der Waals surface area contributed by atoms with Crippen LogP contribution >= 0.6 is 0 Å². The van der Waals surface area contributed by atoms with E-state index in [1.54, 1.807) is 24.5 Å². The summed E-state index contributed by atoms with van der Waals surface area (Å²) in [6, 6.07) is 13.4. The molecule has 0 aliphatic heterocycles. The largest absolute Gasteiger partial charge is 0.345 e. The standard InChI is InChI=1S/C14H14N2O/c1-11(12-6-3-2-4-7-12)16-14(17)13-8-5-9-15-10-13/h2-11H,1H3,(H,16,17)/t11-/m1/s1. The van der Waals surface area contributed by atoms with Gasteiger partial charge in [-0.1, -0.05) is 30.3 Å². The second-order valence-corrected chi connectivity index (χ2v) is 3.85. The fourth-order valence-corrected chi connectivity index (χ4v) is 1.60. The Morgan fingerprint density at radius 2 is 1.94 bits per heavy atom. The first-order chi connectivity index (χ1) is 8.27. The first-order valence-corrected chi connectivity index (χ1v) is 5.53. The van der Waals surface area contributed by atoms with Gasteiger partial charge < -0.3 is 5.32 Å². The predicted molar refractivity (Wildman–Crippen MR) is 66.6 cm³/mol. The molecule has 0 aliphatic carbocycles. The zero-order valence-corrected chi connectivity index (χ0v) is 9.63. The van der Waals surface area contributed by atoms with Crippen molar-refractivity contribution in [3.63, 3.8) is 0 Å². The Hall–Kier alpha value is -2.16. The minimum atomic E-state index is -0.102. The lowest BCUT2D eigenvalue weighted by atomic mass is 10.1. The molecule has 1 atom stereocenters. The maximum absolute atomic E-state index is 11.9. The second-order valence-electron chi connectivity index (χ2n) is 3.85. The summed E-state index contributed by atoms with van der Waals surface area (Å²) in [5, 5.41) is 2.93. The van der Waals surface area contributed by atoms with Crippen molar-refractivity contribution >= 4 is 5.91 Å². The van der Waals surface area contributed by atoms with E-state index in [4.69, 9.17) is 0 Å². The third-order valence-corrected chi connectivity index (χ3v) is 2.57. The number of nitrogens with zero attached hydrogens (tertiary/aromatic N) is 1. The molecule has 3 heteroatoms. The topological polar surface area (TPSA) is 42.0 Å². The number of aromatic nitrogens is 1. The summed E-state index contributed by atoms with van der Waals surface area (Å²) in [6.07, 6.45) is 3.21. The van der Waals surface area contributed by atoms with Gasteiger partial charge in [-0.2, -0.15) is 0 Å². The fraction of sp³-hybridized carbons (Fsp3) is 0.143. The molecule has 1 N–H and O–H groups in total. The van der Waals surface area contributed by atoms with Gasteiger partial charge in [0.2, 0.25) is 0 Å². The molecule has 17 heavy (non-hydrogen) atoms. The normalized spacial score (nSPS) is 11.8. The molecule has 1 heterocycles. The van der Waals surface area contributed by atoms with Crippen molar-refractivity contribution in [2.75, 3.05) is 0 Å². The molecule has 86 valence electrons. The molecule has 0 spiro atoms. The first-order valence-electron chi connectivity index (χ1n) is 5.53. The van der Waals surface area contributed by atoms with E-state index in [0.717, 1.165) is 5.56 Å². The van der Waals surface area contributed by atoms with Crippen LogP contribution in [0.3, 0.4) is 0 Å². The molecule has 0 bridgehead atoms. The molecule has 1 aromatic heterocycles. The molecule has 0 aliphatic rings. The van der Waals surface area contributed by atoms with E-state index >= 15 is 0 Å². The summed E-state index contributed by atoms with van der Waals surface area (Å²) in [5.74, 6) is -0.102. The van der Waals surface area contributed by atoms with Crippen LogP contribution in [0.15, 0.2) is 54.9 Å². The Morgan fingerprint density at radius 1 is 1.18 bits per heavy atom. The van der Waals surface area contributed by atoms with Gasteiger partial charge >= 0.3 is 0 Å². The van der Waals surface area contributed by atoms with E-state index in [1.165, 1.54) is 0 Å². The van der Waals surface area contributed by atoms with Crippen molar-refractivity contribution < 1.29 is 4.79 Å². The molecular formula is C14H14N2O. The van der Waals surface area contributed by atoms with Crippen molar-refractivity contribution in [3.8, 4) is 0 Å². The highest BCUT2D eigenvalue weighted by molar-refractivity contribution is 5.94. The average Bonchev–Trinajstić information content (AvgIpc) is 2.40. The number of benzene rings is 1. The number of rotatable bonds is 3. The van der Waals surface area contributed by atoms with E-state index in [1.807, 2.05) is 37.3 Å². The molecule has 0 fully saturated rings. The molecule has 2 aromatic rings. The van der Waals surface area contributed by atoms with Gasteiger partial charge in [0, 0.05) is 12.4 Å². The van der Waals surface area contributed by atoms with Crippen molar-refractivity contribution in [1.82, 2.24) is 10.3 Å². The summed E-state index contributed by atoms with van der Waals surface area (Å²) >= 11 is 0. The van der Waals surface area contributed by atoms with Crippen LogP contribution in [0.2, 0.25) is 0 Å². The van der Waals surface area contributed by atoms with Gasteiger partial charge in [-0.15, -0.1) is 0 Å². The highest BCUT2D eigenvalue weighted by atomic mass is 16.1. The lowest BCUT2D eigenvalue weighted by molar-refractivity contribution is 0.0939. The minimum absolute atomic E-state index is 0.0103. The van der Waals surface area contributed by atoms with Gasteiger partial charge in [0.05, 0.1) is 11.6 Å². The molecule has 0 saturated heterocycles. The maximum Gasteiger partial charge on any atom is 0.253 e. The summed E-state index contributed by atoms with van der Waals surface area (Å²) < 4.78 is 0. The molecule has 2 rings (SSSR count). The molecule has 3 nitrogen and oxygen atoms in total. The fourth-order valence-electron chi connectivity index (χ4n) is 1.60. The van der Waals surface area contributed by atoms with Crippen LogP contribution < -0.4 is 5.32 Å². The molecule has 0 unspecified atom stereocenters. The molecule has 0 saturated carbocycles. The summed E-state index contributed by atoms with van der Waals surface area (Å²) in [4.78, 5) is 15.8. The number of hydrogen-bond donors (Lipinski definition) is 1. The van der Waals surface area contributed by atoms with Crippen molar-refractivity contribution in [1.29, 1.82) is 0 Å². The third-order valence-electron chi connectivity index (χ3n) is 2.57. The van der Waals surface area contributed by atoms with Gasteiger partial charge in [-0.25, -0.2) is 0 Å². The molecule has 1 amide bonds. The molecule has 1 aromatic carbocycles. The van der Waals surface area contributed by atoms with Gasteiger partial charge in [-0.3, -0.25) is 9.78 Å². The smallest absolute Gasteiger partial charge is 0.253 e. The Bertz CT molecular complexity index is 482. The average molecular weight is 226 g/mol. The zero-order valence-electron chi connectivity index (χ0n) is 9.63. The molecule has 0 radical (unpaired) electrons. The highest BCUT2D eigenvalue weighted by Crippen LogP contribution is 2.11. The van der Waals surface area contributed by atoms with E-state index in [9.17, 15) is 4.79 Å². The van der Waals surface area contributed by atoms with Crippen LogP contribution in [0.1, 0.15) is 28.9 Å². The van der Waals surface area contributed by atoms with E-state index in [2.05, 4.69) is 10.3 Å². The van der Waals surface area contributed by atoms with Crippen LogP contribution in [0, 0.1) is 0 Å². The van der Waals surface area contributed by atoms with Gasteiger partial charge in [0.25, 0.3) is 5.91 Å². The number of pyridine rings is 1. The Kier molecular flexibility index (Phi) is 3.50. The number of nitrogens with one attached hydrogen (secondary N) is 1. The minimum Gasteiger partial charge on any atom is -0.345 e. The van der Waals surface area contributed by atoms with Crippen molar-refractivity contribution in [2.24, 2.45) is 0 Å². The zero-order chi connectivity index (χ0) is 12.1. The van der Waals surface area contributed by atoms with Crippen LogP contribution in [-0.4, -0.2) is 10.9 Å². The Morgan fingerprint density at radius 3 is 2.59 bits per heavy atom. The second kappa shape index (κ2) is 5.25. The SMILES string of the molecule is C[C@@H](NC(=O)c1cccnc1)c1ccccc1. The highest BCUT2D eigenvalue weighted by Gasteiger charge is 2.10. The number of hydrogen-bond acceptors (Lipinski definition) is 2. The Labute approximate surface area is 101 Å². The van der Waals surface area contributed by atoms with Gasteiger partial charge in [0.15, 0.2) is 0 Å². The summed E-state index contributed by atoms with van der Waals surface area (Å²) in [7, 11) is 0. The lowest BCUT2D eigenvalue weighted by Gasteiger charge is -2.13. The quantitative estimate of drug-likeness (QED) is 0.874. The van der Waals surface area contributed by atoms with Gasteiger partial charge in [0.1, 0.15) is 0 Å². The van der Waals surface area contributed by atoms with Crippen molar-refractivity contribution in [2.45, 2.75) is 13.0 Å². The Balaban J connectivity index is 2.05. The van der Waals surface area contributed by atoms with Gasteiger partial charge in [-0.05, 0) is 24.6 Å². The monoisotopic (exact) mass is 226 g/mol. The van der Waals surface area contributed by atoms with E-state index < -0.39 is 0 Å². The number of carbonyl (C=O) groups excluding carboxylic acids is 1. The van der Waals surface area contributed by atoms with Crippen molar-refractivity contribution in [3.05, 3.63) is 66.0 Å². The summed E-state index contributed by atoms with van der Waals surface area (Å²) in [6.45, 7) is 1.96. The summed E-state index contributed by atoms with van der Waals surface area (Å²) in [5.41, 5.74) is 1.67. The van der Waals surface area contributed by atoms with Crippen LogP contribution in [-0.2, 0) is 0 Å². The number of amides is 1. The van der Waals surface area contributed by atoms with E-state index in [-0.39, 0.29) is 11.9 Å².